The lowest BCUT2D eigenvalue weighted by molar-refractivity contribution is 0.145. The third-order valence-electron chi connectivity index (χ3n) is 3.62. The molecule has 4 nitrogen and oxygen atoms in total. The Balaban J connectivity index is 1.63. The quantitative estimate of drug-likeness (QED) is 0.782. The van der Waals surface area contributed by atoms with Crippen LogP contribution in [0.1, 0.15) is 12.0 Å². The number of benzene rings is 1. The first-order valence-electron chi connectivity index (χ1n) is 7.10. The molecule has 1 aromatic carbocycles. The second kappa shape index (κ2) is 7.48. The smallest absolute Gasteiger partial charge is 0.119 e. The molecule has 1 aliphatic rings. The number of likely N-dealkylation sites (N-methyl/N-ethyl adjacent to an activating group) is 1. The van der Waals surface area contributed by atoms with Gasteiger partial charge in [0.05, 0.1) is 6.61 Å². The molecule has 0 aromatic heterocycles. The highest BCUT2D eigenvalue weighted by atomic mass is 16.5. The lowest BCUT2D eigenvalue weighted by Crippen LogP contribution is -2.44. The van der Waals surface area contributed by atoms with Crippen LogP contribution in [0.4, 0.5) is 0 Å². The molecular weight excluding hydrogens is 238 g/mol. The van der Waals surface area contributed by atoms with Gasteiger partial charge in [0.25, 0.3) is 0 Å². The monoisotopic (exact) mass is 263 g/mol. The van der Waals surface area contributed by atoms with Crippen LogP contribution in [0.5, 0.6) is 5.75 Å². The molecule has 0 bridgehead atoms. The molecule has 106 valence electrons. The Morgan fingerprint density at radius 3 is 2.74 bits per heavy atom. The fraction of sp³-hybridized carbons (Fsp3) is 0.600. The molecule has 2 rings (SSSR count). The summed E-state index contributed by atoms with van der Waals surface area (Å²) >= 11 is 0. The average Bonchev–Trinajstić information content (AvgIpc) is 2.46. The maximum Gasteiger partial charge on any atom is 0.119 e. The van der Waals surface area contributed by atoms with Crippen molar-refractivity contribution in [2.24, 2.45) is 5.73 Å². The number of hydrogen-bond donors (Lipinski definition) is 1. The first kappa shape index (κ1) is 14.3. The largest absolute Gasteiger partial charge is 0.494 e. The van der Waals surface area contributed by atoms with E-state index in [4.69, 9.17) is 10.5 Å². The van der Waals surface area contributed by atoms with Crippen LogP contribution in [0.25, 0.3) is 0 Å². The third kappa shape index (κ3) is 4.82. The first-order chi connectivity index (χ1) is 9.28. The van der Waals surface area contributed by atoms with Gasteiger partial charge in [0.1, 0.15) is 5.75 Å². The maximum atomic E-state index is 5.77. The predicted molar refractivity (Wildman–Crippen MR) is 78.4 cm³/mol. The fourth-order valence-corrected chi connectivity index (χ4v) is 2.31. The molecule has 0 amide bonds. The van der Waals surface area contributed by atoms with Gasteiger partial charge in [-0.15, -0.1) is 0 Å². The minimum atomic E-state index is 0.568. The fourth-order valence-electron chi connectivity index (χ4n) is 2.31. The summed E-state index contributed by atoms with van der Waals surface area (Å²) in [6, 6.07) is 8.04. The summed E-state index contributed by atoms with van der Waals surface area (Å²) < 4.78 is 5.77. The van der Waals surface area contributed by atoms with E-state index in [-0.39, 0.29) is 0 Å². The van der Waals surface area contributed by atoms with E-state index in [0.717, 1.165) is 30.9 Å². The molecule has 1 heterocycles. The summed E-state index contributed by atoms with van der Waals surface area (Å²) in [6.07, 6.45) is 1.08. The van der Waals surface area contributed by atoms with Crippen molar-refractivity contribution in [3.05, 3.63) is 29.8 Å². The third-order valence-corrected chi connectivity index (χ3v) is 3.62. The van der Waals surface area contributed by atoms with Crippen molar-refractivity contribution in [2.45, 2.75) is 13.0 Å². The molecule has 4 heteroatoms. The zero-order valence-electron chi connectivity index (χ0n) is 11.8. The van der Waals surface area contributed by atoms with E-state index >= 15 is 0 Å². The van der Waals surface area contributed by atoms with Crippen molar-refractivity contribution in [3.63, 3.8) is 0 Å². The van der Waals surface area contributed by atoms with Crippen molar-refractivity contribution in [1.29, 1.82) is 0 Å². The number of nitrogens with two attached hydrogens (primary N) is 1. The molecule has 0 saturated carbocycles. The highest BCUT2D eigenvalue weighted by molar-refractivity contribution is 5.28. The van der Waals surface area contributed by atoms with Gasteiger partial charge in [0.2, 0.25) is 0 Å². The Labute approximate surface area is 116 Å². The van der Waals surface area contributed by atoms with Crippen LogP contribution in [0.3, 0.4) is 0 Å². The molecule has 1 aliphatic heterocycles. The second-order valence-corrected chi connectivity index (χ2v) is 5.20. The summed E-state index contributed by atoms with van der Waals surface area (Å²) in [7, 11) is 2.19. The number of ether oxygens (including phenoxy) is 1. The Morgan fingerprint density at radius 1 is 1.21 bits per heavy atom. The summed E-state index contributed by atoms with van der Waals surface area (Å²) in [5.41, 5.74) is 6.74. The Morgan fingerprint density at radius 2 is 2.00 bits per heavy atom. The summed E-state index contributed by atoms with van der Waals surface area (Å²) in [5, 5.41) is 0. The lowest BCUT2D eigenvalue weighted by atomic mass is 10.2. The van der Waals surface area contributed by atoms with Gasteiger partial charge >= 0.3 is 0 Å². The Bertz CT molecular complexity index is 375. The molecule has 0 spiro atoms. The Hall–Kier alpha value is -1.10. The molecule has 1 saturated heterocycles. The highest BCUT2D eigenvalue weighted by Gasteiger charge is 2.12. The summed E-state index contributed by atoms with van der Waals surface area (Å²) in [4.78, 5) is 4.89. The van der Waals surface area contributed by atoms with Crippen molar-refractivity contribution >= 4 is 0 Å². The standard InChI is InChI=1S/C15H25N3O/c1-17-7-9-18(10-8-17)6-3-11-19-15-5-2-4-14(12-15)13-16/h2,4-5,12H,3,6-11,13,16H2,1H3. The number of rotatable bonds is 6. The van der Waals surface area contributed by atoms with Crippen molar-refractivity contribution in [1.82, 2.24) is 9.80 Å². The van der Waals surface area contributed by atoms with E-state index in [1.54, 1.807) is 0 Å². The molecule has 0 radical (unpaired) electrons. The van der Waals surface area contributed by atoms with Gasteiger partial charge in [-0.25, -0.2) is 0 Å². The topological polar surface area (TPSA) is 41.7 Å². The number of hydrogen-bond acceptors (Lipinski definition) is 4. The minimum absolute atomic E-state index is 0.568. The van der Waals surface area contributed by atoms with E-state index in [1.807, 2.05) is 24.3 Å². The van der Waals surface area contributed by atoms with Gasteiger partial charge in [0, 0.05) is 39.3 Å². The second-order valence-electron chi connectivity index (χ2n) is 5.20. The van der Waals surface area contributed by atoms with E-state index < -0.39 is 0 Å². The van der Waals surface area contributed by atoms with E-state index in [9.17, 15) is 0 Å². The van der Waals surface area contributed by atoms with Crippen LogP contribution in [0.2, 0.25) is 0 Å². The van der Waals surface area contributed by atoms with Crippen LogP contribution in [-0.2, 0) is 6.54 Å². The van der Waals surface area contributed by atoms with Gasteiger partial charge in [-0.3, -0.25) is 0 Å². The first-order valence-corrected chi connectivity index (χ1v) is 7.10. The normalized spacial score (nSPS) is 17.6. The minimum Gasteiger partial charge on any atom is -0.494 e. The highest BCUT2D eigenvalue weighted by Crippen LogP contribution is 2.13. The molecule has 2 N–H and O–H groups in total. The van der Waals surface area contributed by atoms with Crippen LogP contribution in [0.15, 0.2) is 24.3 Å². The summed E-state index contributed by atoms with van der Waals surface area (Å²) in [6.45, 7) is 7.19. The van der Waals surface area contributed by atoms with E-state index in [2.05, 4.69) is 16.8 Å². The van der Waals surface area contributed by atoms with Crippen LogP contribution < -0.4 is 10.5 Å². The maximum absolute atomic E-state index is 5.77. The van der Waals surface area contributed by atoms with Crippen molar-refractivity contribution in [2.75, 3.05) is 46.4 Å². The van der Waals surface area contributed by atoms with Crippen LogP contribution in [0, 0.1) is 0 Å². The van der Waals surface area contributed by atoms with Gasteiger partial charge in [-0.05, 0) is 31.2 Å². The molecule has 1 fully saturated rings. The summed E-state index contributed by atoms with van der Waals surface area (Å²) in [5.74, 6) is 0.932. The van der Waals surface area contributed by atoms with Crippen molar-refractivity contribution in [3.8, 4) is 5.75 Å². The zero-order valence-corrected chi connectivity index (χ0v) is 11.8. The molecule has 1 aromatic rings. The van der Waals surface area contributed by atoms with Gasteiger partial charge in [0.15, 0.2) is 0 Å². The Kier molecular flexibility index (Phi) is 5.63. The average molecular weight is 263 g/mol. The molecule has 19 heavy (non-hydrogen) atoms. The van der Waals surface area contributed by atoms with Crippen molar-refractivity contribution < 1.29 is 4.74 Å². The van der Waals surface area contributed by atoms with E-state index in [1.165, 1.54) is 26.2 Å². The SMILES string of the molecule is CN1CCN(CCCOc2cccc(CN)c2)CC1. The molecular formula is C15H25N3O. The van der Waals surface area contributed by atoms with Gasteiger partial charge in [-0.1, -0.05) is 12.1 Å². The molecule has 0 aliphatic carbocycles. The predicted octanol–water partition coefficient (Wildman–Crippen LogP) is 1.16. The van der Waals surface area contributed by atoms with Crippen LogP contribution in [-0.4, -0.2) is 56.2 Å². The molecule has 0 unspecified atom stereocenters. The van der Waals surface area contributed by atoms with Gasteiger partial charge < -0.3 is 20.3 Å². The zero-order chi connectivity index (χ0) is 13.5. The van der Waals surface area contributed by atoms with E-state index in [0.29, 0.717) is 6.54 Å². The lowest BCUT2D eigenvalue weighted by Gasteiger charge is -2.32. The number of piperazine rings is 1. The van der Waals surface area contributed by atoms with Gasteiger partial charge in [-0.2, -0.15) is 0 Å². The number of nitrogens with zero attached hydrogens (tertiary/aromatic N) is 2. The molecule has 0 atom stereocenters. The van der Waals surface area contributed by atoms with Crippen LogP contribution >= 0.6 is 0 Å².